The first-order chi connectivity index (χ1) is 11.1. The van der Waals surface area contributed by atoms with Crippen molar-refractivity contribution in [2.75, 3.05) is 10.6 Å². The molecule has 2 N–H and O–H groups in total. The molecule has 2 aromatic heterocycles. The van der Waals surface area contributed by atoms with Crippen LogP contribution in [0.1, 0.15) is 16.2 Å². The Morgan fingerprint density at radius 3 is 2.65 bits per heavy atom. The predicted molar refractivity (Wildman–Crippen MR) is 86.0 cm³/mol. The first kappa shape index (κ1) is 15.0. The molecule has 1 amide bonds. The number of aromatic nitrogens is 3. The Morgan fingerprint density at radius 1 is 1.13 bits per heavy atom. The Balaban J connectivity index is 1.67. The summed E-state index contributed by atoms with van der Waals surface area (Å²) in [5.41, 5.74) is 0.774. The smallest absolute Gasteiger partial charge is 0.276 e. The van der Waals surface area contributed by atoms with E-state index < -0.39 is 0 Å². The lowest BCUT2D eigenvalue weighted by atomic mass is 10.3. The molecule has 0 spiro atoms. The quantitative estimate of drug-likeness (QED) is 0.761. The molecule has 0 aliphatic carbocycles. The number of hydrogen-bond acceptors (Lipinski definition) is 6. The van der Waals surface area contributed by atoms with Crippen LogP contribution in [0.5, 0.6) is 0 Å². The number of hydrogen-bond donors (Lipinski definition) is 2. The van der Waals surface area contributed by atoms with Crippen molar-refractivity contribution in [3.05, 3.63) is 58.9 Å². The zero-order chi connectivity index (χ0) is 16.2. The number of halogens is 1. The zero-order valence-corrected chi connectivity index (χ0v) is 12.8. The van der Waals surface area contributed by atoms with Crippen molar-refractivity contribution in [2.24, 2.45) is 0 Å². The molecule has 2 heterocycles. The molecule has 0 atom stereocenters. The molecule has 0 aliphatic rings. The van der Waals surface area contributed by atoms with Gasteiger partial charge in [-0.3, -0.25) is 4.79 Å². The third-order valence-corrected chi connectivity index (χ3v) is 3.10. The average molecular weight is 330 g/mol. The number of carbonyl (C=O) groups is 1. The van der Waals surface area contributed by atoms with Crippen molar-refractivity contribution in [1.82, 2.24) is 15.4 Å². The highest BCUT2D eigenvalue weighted by Crippen LogP contribution is 2.16. The normalized spacial score (nSPS) is 10.3. The fourth-order valence-electron chi connectivity index (χ4n) is 1.84. The summed E-state index contributed by atoms with van der Waals surface area (Å²) >= 11 is 5.87. The third-order valence-electron chi connectivity index (χ3n) is 2.86. The predicted octanol–water partition coefficient (Wildman–Crippen LogP) is 3.42. The first-order valence-corrected chi connectivity index (χ1v) is 7.09. The topological polar surface area (TPSA) is 92.9 Å². The molecule has 1 aromatic carbocycles. The fraction of sp³-hybridized carbons (Fsp3) is 0.0667. The second-order valence-corrected chi connectivity index (χ2v) is 5.15. The Kier molecular flexibility index (Phi) is 4.20. The summed E-state index contributed by atoms with van der Waals surface area (Å²) in [4.78, 5) is 12.1. The molecule has 7 nitrogen and oxygen atoms in total. The van der Waals surface area contributed by atoms with E-state index in [2.05, 4.69) is 26.0 Å². The second kappa shape index (κ2) is 6.45. The van der Waals surface area contributed by atoms with E-state index in [1.165, 1.54) is 0 Å². The summed E-state index contributed by atoms with van der Waals surface area (Å²) in [6.07, 6.45) is 0. The lowest BCUT2D eigenvalue weighted by Crippen LogP contribution is -2.14. The molecular formula is C15H12ClN5O2. The van der Waals surface area contributed by atoms with Crippen molar-refractivity contribution < 1.29 is 9.32 Å². The van der Waals surface area contributed by atoms with Gasteiger partial charge in [0.15, 0.2) is 17.3 Å². The van der Waals surface area contributed by atoms with E-state index in [1.807, 2.05) is 0 Å². The van der Waals surface area contributed by atoms with E-state index in [0.717, 1.165) is 0 Å². The average Bonchev–Trinajstić information content (AvgIpc) is 2.93. The van der Waals surface area contributed by atoms with Gasteiger partial charge in [0.25, 0.3) is 5.91 Å². The minimum atomic E-state index is -0.372. The zero-order valence-electron chi connectivity index (χ0n) is 12.1. The first-order valence-electron chi connectivity index (χ1n) is 6.71. The third kappa shape index (κ3) is 3.83. The van der Waals surface area contributed by atoms with Gasteiger partial charge in [-0.1, -0.05) is 22.8 Å². The maximum absolute atomic E-state index is 12.1. The van der Waals surface area contributed by atoms with Crippen LogP contribution in [0.15, 0.2) is 47.0 Å². The molecule has 0 saturated carbocycles. The number of benzene rings is 1. The van der Waals surface area contributed by atoms with E-state index >= 15 is 0 Å². The van der Waals surface area contributed by atoms with Crippen LogP contribution in [-0.4, -0.2) is 21.3 Å². The van der Waals surface area contributed by atoms with Gasteiger partial charge in [-0.2, -0.15) is 0 Å². The van der Waals surface area contributed by atoms with Crippen molar-refractivity contribution in [3.8, 4) is 0 Å². The van der Waals surface area contributed by atoms with Gasteiger partial charge in [-0.25, -0.2) is 0 Å². The van der Waals surface area contributed by atoms with Crippen molar-refractivity contribution in [3.63, 3.8) is 0 Å². The highest BCUT2D eigenvalue weighted by molar-refractivity contribution is 6.30. The van der Waals surface area contributed by atoms with Crippen molar-refractivity contribution >= 4 is 34.8 Å². The largest absolute Gasteiger partial charge is 0.360 e. The molecule has 0 unspecified atom stereocenters. The van der Waals surface area contributed by atoms with Crippen LogP contribution in [0, 0.1) is 6.92 Å². The van der Waals surface area contributed by atoms with Gasteiger partial charge < -0.3 is 15.2 Å². The number of amides is 1. The monoisotopic (exact) mass is 329 g/mol. The fourth-order valence-corrected chi connectivity index (χ4v) is 2.03. The van der Waals surface area contributed by atoms with E-state index in [9.17, 15) is 4.79 Å². The van der Waals surface area contributed by atoms with Crippen LogP contribution in [-0.2, 0) is 0 Å². The molecule has 3 rings (SSSR count). The van der Waals surface area contributed by atoms with Crippen LogP contribution in [0.3, 0.4) is 0 Å². The molecule has 0 aliphatic heterocycles. The Labute approximate surface area is 136 Å². The summed E-state index contributed by atoms with van der Waals surface area (Å²) in [6, 6.07) is 11.8. The van der Waals surface area contributed by atoms with Gasteiger partial charge >= 0.3 is 0 Å². The lowest BCUT2D eigenvalue weighted by Gasteiger charge is -2.05. The van der Waals surface area contributed by atoms with Crippen LogP contribution in [0.25, 0.3) is 0 Å². The van der Waals surface area contributed by atoms with Crippen LogP contribution in [0.4, 0.5) is 17.3 Å². The van der Waals surface area contributed by atoms with Crippen LogP contribution >= 0.6 is 11.6 Å². The number of aryl methyl sites for hydroxylation is 1. The van der Waals surface area contributed by atoms with Crippen molar-refractivity contribution in [1.29, 1.82) is 0 Å². The van der Waals surface area contributed by atoms with Gasteiger partial charge in [-0.15, -0.1) is 10.2 Å². The van der Waals surface area contributed by atoms with Crippen LogP contribution < -0.4 is 10.6 Å². The van der Waals surface area contributed by atoms with Crippen LogP contribution in [0.2, 0.25) is 5.02 Å². The molecule has 8 heteroatoms. The summed E-state index contributed by atoms with van der Waals surface area (Å²) in [5.74, 6) is 1.28. The maximum atomic E-state index is 12.1. The molecule has 0 fully saturated rings. The Morgan fingerprint density at radius 2 is 2.00 bits per heavy atom. The second-order valence-electron chi connectivity index (χ2n) is 4.72. The number of rotatable bonds is 4. The summed E-state index contributed by atoms with van der Waals surface area (Å²) in [5, 5.41) is 17.8. The van der Waals surface area contributed by atoms with Gasteiger partial charge in [0, 0.05) is 16.8 Å². The SMILES string of the molecule is Cc1cc(Nc2ccc(C(=O)Nc3cccc(Cl)c3)nn2)no1. The summed E-state index contributed by atoms with van der Waals surface area (Å²) in [7, 11) is 0. The standard InChI is InChI=1S/C15H12ClN5O2/c1-9-7-14(21-23-9)18-13-6-5-12(19-20-13)15(22)17-11-4-2-3-10(16)8-11/h2-8H,1H3,(H,17,22)(H,18,20,21). The van der Waals surface area contributed by atoms with E-state index in [-0.39, 0.29) is 11.6 Å². The summed E-state index contributed by atoms with van der Waals surface area (Å²) < 4.78 is 4.94. The lowest BCUT2D eigenvalue weighted by molar-refractivity contribution is 0.102. The molecular weight excluding hydrogens is 318 g/mol. The molecule has 0 saturated heterocycles. The molecule has 23 heavy (non-hydrogen) atoms. The minimum Gasteiger partial charge on any atom is -0.360 e. The number of carbonyl (C=O) groups excluding carboxylic acids is 1. The number of nitrogens with zero attached hydrogens (tertiary/aromatic N) is 3. The molecule has 116 valence electrons. The molecule has 0 radical (unpaired) electrons. The number of anilines is 3. The van der Waals surface area contributed by atoms with Crippen molar-refractivity contribution in [2.45, 2.75) is 6.92 Å². The van der Waals surface area contributed by atoms with Gasteiger partial charge in [0.05, 0.1) is 0 Å². The van der Waals surface area contributed by atoms with E-state index in [4.69, 9.17) is 16.1 Å². The van der Waals surface area contributed by atoms with Gasteiger partial charge in [0.2, 0.25) is 0 Å². The Hall–Kier alpha value is -2.93. The van der Waals surface area contributed by atoms with E-state index in [0.29, 0.717) is 28.1 Å². The minimum absolute atomic E-state index is 0.187. The maximum Gasteiger partial charge on any atom is 0.276 e. The highest BCUT2D eigenvalue weighted by atomic mass is 35.5. The number of nitrogens with one attached hydrogen (secondary N) is 2. The Bertz CT molecular complexity index is 832. The van der Waals surface area contributed by atoms with Gasteiger partial charge in [0.1, 0.15) is 5.76 Å². The van der Waals surface area contributed by atoms with Gasteiger partial charge in [-0.05, 0) is 37.3 Å². The molecule has 3 aromatic rings. The van der Waals surface area contributed by atoms with E-state index in [1.54, 1.807) is 49.4 Å². The molecule has 0 bridgehead atoms. The summed E-state index contributed by atoms with van der Waals surface area (Å²) in [6.45, 7) is 1.78. The highest BCUT2D eigenvalue weighted by Gasteiger charge is 2.09.